The molecule has 2 heteroatoms. The van der Waals surface area contributed by atoms with Gasteiger partial charge in [-0.15, -0.1) is 0 Å². The molecule has 2 aliphatic rings. The van der Waals surface area contributed by atoms with Crippen LogP contribution in [0.2, 0.25) is 0 Å². The maximum absolute atomic E-state index is 5.37. The van der Waals surface area contributed by atoms with Gasteiger partial charge in [0.15, 0.2) is 0 Å². The first kappa shape index (κ1) is 12.2. The summed E-state index contributed by atoms with van der Waals surface area (Å²) in [5.74, 6) is 0.752. The number of nitrogens with zero attached hydrogens (tertiary/aromatic N) is 1. The molecular weight excluding hydrogens is 222 g/mol. The summed E-state index contributed by atoms with van der Waals surface area (Å²) in [4.78, 5) is 2.60. The zero-order valence-electron chi connectivity index (χ0n) is 11.6. The van der Waals surface area contributed by atoms with Crippen LogP contribution < -0.4 is 0 Å². The number of benzene rings is 1. The van der Waals surface area contributed by atoms with Gasteiger partial charge in [-0.3, -0.25) is 4.90 Å². The number of fused-ring (bicyclic) bond motifs is 1. The average Bonchev–Trinajstić information content (AvgIpc) is 2.64. The van der Waals surface area contributed by atoms with Crippen LogP contribution in [-0.4, -0.2) is 31.7 Å². The van der Waals surface area contributed by atoms with Crippen LogP contribution in [0.25, 0.3) is 0 Å². The third-order valence-electron chi connectivity index (χ3n) is 5.45. The molecule has 0 aromatic heterocycles. The molecule has 2 fully saturated rings. The fourth-order valence-corrected chi connectivity index (χ4v) is 4.13. The van der Waals surface area contributed by atoms with E-state index in [0.717, 1.165) is 19.1 Å². The monoisotopic (exact) mass is 245 g/mol. The summed E-state index contributed by atoms with van der Waals surface area (Å²) in [5, 5.41) is 0. The van der Waals surface area contributed by atoms with E-state index in [1.807, 2.05) is 7.11 Å². The van der Waals surface area contributed by atoms with Crippen LogP contribution >= 0.6 is 0 Å². The Morgan fingerprint density at radius 2 is 1.78 bits per heavy atom. The maximum atomic E-state index is 5.37. The molecule has 2 nitrogen and oxygen atoms in total. The van der Waals surface area contributed by atoms with E-state index in [4.69, 9.17) is 4.74 Å². The smallest absolute Gasteiger partial charge is 0.0502 e. The van der Waals surface area contributed by atoms with Crippen LogP contribution in [0.3, 0.4) is 0 Å². The van der Waals surface area contributed by atoms with Crippen molar-refractivity contribution in [3.8, 4) is 0 Å². The molecule has 3 rings (SSSR count). The van der Waals surface area contributed by atoms with Gasteiger partial charge in [0.1, 0.15) is 0 Å². The molecule has 0 bridgehead atoms. The average molecular weight is 245 g/mol. The largest absolute Gasteiger partial charge is 0.384 e. The number of ether oxygens (including phenoxy) is 1. The second-order valence-corrected chi connectivity index (χ2v) is 6.47. The van der Waals surface area contributed by atoms with Gasteiger partial charge < -0.3 is 4.74 Å². The molecule has 0 spiro atoms. The first-order chi connectivity index (χ1) is 8.60. The number of piperidine rings is 1. The molecule has 0 radical (unpaired) electrons. The van der Waals surface area contributed by atoms with Gasteiger partial charge in [0.05, 0.1) is 6.61 Å². The number of hydrogen-bond acceptors (Lipinski definition) is 2. The van der Waals surface area contributed by atoms with E-state index in [1.165, 1.54) is 18.7 Å². The zero-order chi connectivity index (χ0) is 12.8. The van der Waals surface area contributed by atoms with E-state index in [2.05, 4.69) is 49.1 Å². The number of rotatable bonds is 4. The van der Waals surface area contributed by atoms with Crippen molar-refractivity contribution in [1.29, 1.82) is 0 Å². The molecule has 1 aromatic carbocycles. The van der Waals surface area contributed by atoms with Crippen LogP contribution in [0.4, 0.5) is 0 Å². The molecule has 1 unspecified atom stereocenters. The van der Waals surface area contributed by atoms with E-state index in [9.17, 15) is 0 Å². The predicted molar refractivity (Wildman–Crippen MR) is 73.3 cm³/mol. The molecule has 1 aliphatic heterocycles. The van der Waals surface area contributed by atoms with Gasteiger partial charge in [0.25, 0.3) is 0 Å². The highest BCUT2D eigenvalue weighted by molar-refractivity contribution is 5.24. The molecular formula is C16H23NO. The number of methoxy groups -OCH3 is 1. The fourth-order valence-electron chi connectivity index (χ4n) is 4.13. The second-order valence-electron chi connectivity index (χ2n) is 6.47. The summed E-state index contributed by atoms with van der Waals surface area (Å²) in [6, 6.07) is 10.8. The van der Waals surface area contributed by atoms with Crippen LogP contribution in [0.15, 0.2) is 30.3 Å². The Morgan fingerprint density at radius 3 is 2.33 bits per heavy atom. The molecule has 0 N–H and O–H groups in total. The van der Waals surface area contributed by atoms with E-state index >= 15 is 0 Å². The van der Waals surface area contributed by atoms with Crippen molar-refractivity contribution in [2.24, 2.45) is 16.7 Å². The molecule has 1 aromatic rings. The van der Waals surface area contributed by atoms with Crippen molar-refractivity contribution in [2.75, 3.05) is 26.8 Å². The van der Waals surface area contributed by atoms with Crippen molar-refractivity contribution in [3.05, 3.63) is 35.9 Å². The Labute approximate surface area is 110 Å². The van der Waals surface area contributed by atoms with E-state index in [-0.39, 0.29) is 0 Å². The standard InChI is InChI=1S/C16H23NO/c1-15-11-17(9-13-7-5-4-6-8-13)12-16(15,2)14(15)10-18-3/h4-8,14H,9-12H2,1-3H3/t14?,15-,16+. The minimum absolute atomic E-state index is 0.470. The van der Waals surface area contributed by atoms with E-state index in [1.54, 1.807) is 0 Å². The highest BCUT2D eigenvalue weighted by atomic mass is 16.5. The van der Waals surface area contributed by atoms with Crippen LogP contribution in [0.1, 0.15) is 19.4 Å². The normalized spacial score (nSPS) is 38.7. The maximum Gasteiger partial charge on any atom is 0.0502 e. The predicted octanol–water partition coefficient (Wildman–Crippen LogP) is 2.79. The lowest BCUT2D eigenvalue weighted by molar-refractivity contribution is 0.140. The third kappa shape index (κ3) is 1.63. The molecule has 1 heterocycles. The van der Waals surface area contributed by atoms with Crippen LogP contribution in [-0.2, 0) is 11.3 Å². The van der Waals surface area contributed by atoms with Gasteiger partial charge in [0.2, 0.25) is 0 Å². The lowest BCUT2D eigenvalue weighted by Gasteiger charge is -2.22. The van der Waals surface area contributed by atoms with Crippen LogP contribution in [0, 0.1) is 16.7 Å². The van der Waals surface area contributed by atoms with Gasteiger partial charge in [-0.05, 0) is 22.3 Å². The minimum Gasteiger partial charge on any atom is -0.384 e. The number of likely N-dealkylation sites (tertiary alicyclic amines) is 1. The molecule has 18 heavy (non-hydrogen) atoms. The Balaban J connectivity index is 1.65. The summed E-state index contributed by atoms with van der Waals surface area (Å²) < 4.78 is 5.37. The molecule has 1 aliphatic carbocycles. The summed E-state index contributed by atoms with van der Waals surface area (Å²) >= 11 is 0. The Bertz CT molecular complexity index is 414. The lowest BCUT2D eigenvalue weighted by Crippen LogP contribution is -2.28. The fraction of sp³-hybridized carbons (Fsp3) is 0.625. The third-order valence-corrected chi connectivity index (χ3v) is 5.45. The van der Waals surface area contributed by atoms with Gasteiger partial charge in [-0.2, -0.15) is 0 Å². The molecule has 98 valence electrons. The summed E-state index contributed by atoms with van der Waals surface area (Å²) in [5.41, 5.74) is 2.37. The quantitative estimate of drug-likeness (QED) is 0.809. The van der Waals surface area contributed by atoms with E-state index in [0.29, 0.717) is 10.8 Å². The summed E-state index contributed by atoms with van der Waals surface area (Å²) in [6.07, 6.45) is 0. The van der Waals surface area contributed by atoms with Crippen molar-refractivity contribution >= 4 is 0 Å². The van der Waals surface area contributed by atoms with E-state index < -0.39 is 0 Å². The van der Waals surface area contributed by atoms with Crippen LogP contribution in [0.5, 0.6) is 0 Å². The Morgan fingerprint density at radius 1 is 1.17 bits per heavy atom. The molecule has 0 amide bonds. The van der Waals surface area contributed by atoms with Crippen molar-refractivity contribution < 1.29 is 4.74 Å². The van der Waals surface area contributed by atoms with Gasteiger partial charge in [-0.25, -0.2) is 0 Å². The minimum atomic E-state index is 0.470. The summed E-state index contributed by atoms with van der Waals surface area (Å²) in [7, 11) is 1.82. The topological polar surface area (TPSA) is 12.5 Å². The molecule has 3 atom stereocenters. The first-order valence-corrected chi connectivity index (χ1v) is 6.85. The SMILES string of the molecule is COCC1[C@]2(C)CN(Cc3ccccc3)C[C@]12C. The zero-order valence-corrected chi connectivity index (χ0v) is 11.6. The van der Waals surface area contributed by atoms with Gasteiger partial charge in [-0.1, -0.05) is 44.2 Å². The second kappa shape index (κ2) is 4.07. The van der Waals surface area contributed by atoms with Crippen molar-refractivity contribution in [2.45, 2.75) is 20.4 Å². The van der Waals surface area contributed by atoms with Gasteiger partial charge >= 0.3 is 0 Å². The Kier molecular flexibility index (Phi) is 2.76. The molecule has 1 saturated carbocycles. The lowest BCUT2D eigenvalue weighted by atomic mass is 10.0. The molecule has 1 saturated heterocycles. The Hall–Kier alpha value is -0.860. The van der Waals surface area contributed by atoms with Crippen molar-refractivity contribution in [1.82, 2.24) is 4.90 Å². The van der Waals surface area contributed by atoms with Gasteiger partial charge in [0, 0.05) is 26.7 Å². The first-order valence-electron chi connectivity index (χ1n) is 6.85. The number of hydrogen-bond donors (Lipinski definition) is 0. The van der Waals surface area contributed by atoms with Crippen molar-refractivity contribution in [3.63, 3.8) is 0 Å². The highest BCUT2D eigenvalue weighted by Gasteiger charge is 2.74. The summed E-state index contributed by atoms with van der Waals surface area (Å²) in [6.45, 7) is 9.31. The highest BCUT2D eigenvalue weighted by Crippen LogP contribution is 2.72.